The van der Waals surface area contributed by atoms with Crippen molar-refractivity contribution in [2.24, 2.45) is 5.41 Å². The van der Waals surface area contributed by atoms with Gasteiger partial charge in [-0.15, -0.1) is 0 Å². The summed E-state index contributed by atoms with van der Waals surface area (Å²) in [7, 11) is 0. The van der Waals surface area contributed by atoms with E-state index in [1.54, 1.807) is 6.07 Å². The minimum atomic E-state index is -4.45. The molecular weight excluding hydrogens is 313 g/mol. The van der Waals surface area contributed by atoms with Crippen molar-refractivity contribution in [3.63, 3.8) is 0 Å². The van der Waals surface area contributed by atoms with Crippen molar-refractivity contribution >= 4 is 11.7 Å². The molecule has 5 nitrogen and oxygen atoms in total. The topological polar surface area (TPSA) is 70.6 Å². The Labute approximate surface area is 132 Å². The fraction of sp³-hybridized carbons (Fsp3) is 0.533. The van der Waals surface area contributed by atoms with Crippen LogP contribution in [0, 0.1) is 5.41 Å². The zero-order valence-electron chi connectivity index (χ0n) is 13.0. The zero-order chi connectivity index (χ0) is 17.5. The van der Waals surface area contributed by atoms with Gasteiger partial charge < -0.3 is 20.5 Å². The van der Waals surface area contributed by atoms with Gasteiger partial charge in [-0.05, 0) is 24.0 Å². The van der Waals surface area contributed by atoms with E-state index in [2.05, 4.69) is 15.4 Å². The molecule has 0 saturated heterocycles. The molecule has 0 fully saturated rings. The first-order valence-electron chi connectivity index (χ1n) is 7.07. The Morgan fingerprint density at radius 2 is 1.91 bits per heavy atom. The van der Waals surface area contributed by atoms with Crippen LogP contribution in [-0.4, -0.2) is 37.1 Å². The van der Waals surface area contributed by atoms with E-state index in [1.165, 1.54) is 18.2 Å². The first kappa shape index (κ1) is 19.1. The second-order valence-electron chi connectivity index (χ2n) is 5.85. The van der Waals surface area contributed by atoms with E-state index in [9.17, 15) is 18.0 Å². The smallest absolute Gasteiger partial charge is 0.422 e. The van der Waals surface area contributed by atoms with Gasteiger partial charge in [0.25, 0.3) is 0 Å². The van der Waals surface area contributed by atoms with Crippen LogP contribution in [0.15, 0.2) is 24.3 Å². The number of ether oxygens (including phenoxy) is 1. The van der Waals surface area contributed by atoms with E-state index in [1.807, 2.05) is 13.8 Å². The number of carbonyl (C=O) groups is 1. The number of halogens is 3. The molecule has 0 unspecified atom stereocenters. The van der Waals surface area contributed by atoms with Crippen molar-refractivity contribution in [3.05, 3.63) is 24.3 Å². The maximum Gasteiger partial charge on any atom is 0.422 e. The van der Waals surface area contributed by atoms with Gasteiger partial charge in [-0.25, -0.2) is 4.79 Å². The Morgan fingerprint density at radius 1 is 1.26 bits per heavy atom. The molecule has 1 aromatic rings. The number of para-hydroxylation sites is 2. The number of benzene rings is 1. The molecule has 0 atom stereocenters. The van der Waals surface area contributed by atoms with Gasteiger partial charge in [-0.1, -0.05) is 26.0 Å². The van der Waals surface area contributed by atoms with E-state index in [-0.39, 0.29) is 23.5 Å². The van der Waals surface area contributed by atoms with E-state index >= 15 is 0 Å². The summed E-state index contributed by atoms with van der Waals surface area (Å²) in [6.07, 6.45) is -3.94. The summed E-state index contributed by atoms with van der Waals surface area (Å²) in [6.45, 7) is 2.64. The van der Waals surface area contributed by atoms with Crippen LogP contribution >= 0.6 is 0 Å². The number of carbonyl (C=O) groups excluding carboxylic acids is 1. The minimum absolute atomic E-state index is 0.00438. The van der Waals surface area contributed by atoms with Gasteiger partial charge in [0, 0.05) is 13.2 Å². The summed E-state index contributed by atoms with van der Waals surface area (Å²) in [5.74, 6) is -0.0606. The maximum absolute atomic E-state index is 12.2. The van der Waals surface area contributed by atoms with Gasteiger partial charge in [-0.3, -0.25) is 0 Å². The quantitative estimate of drug-likeness (QED) is 0.717. The summed E-state index contributed by atoms with van der Waals surface area (Å²) in [6, 6.07) is 5.32. The van der Waals surface area contributed by atoms with Gasteiger partial charge in [-0.2, -0.15) is 13.2 Å². The van der Waals surface area contributed by atoms with E-state index in [0.717, 1.165) is 0 Å². The summed E-state index contributed by atoms with van der Waals surface area (Å²) in [5, 5.41) is 14.0. The van der Waals surface area contributed by atoms with Crippen molar-refractivity contribution in [1.82, 2.24) is 5.32 Å². The van der Waals surface area contributed by atoms with Gasteiger partial charge in [0.1, 0.15) is 5.75 Å². The van der Waals surface area contributed by atoms with Crippen molar-refractivity contribution in [2.45, 2.75) is 26.4 Å². The molecule has 0 radical (unpaired) electrons. The Morgan fingerprint density at radius 3 is 2.52 bits per heavy atom. The number of nitrogens with one attached hydrogen (secondary N) is 2. The molecule has 0 bridgehead atoms. The SMILES string of the molecule is CC(C)(CCO)CNC(=O)Nc1ccccc1OCC(F)(F)F. The van der Waals surface area contributed by atoms with Crippen LogP contribution in [-0.2, 0) is 0 Å². The van der Waals surface area contributed by atoms with Crippen molar-refractivity contribution in [1.29, 1.82) is 0 Å². The number of urea groups is 1. The van der Waals surface area contributed by atoms with Crippen LogP contribution in [0.2, 0.25) is 0 Å². The molecule has 8 heteroatoms. The Kier molecular flexibility index (Phi) is 6.68. The van der Waals surface area contributed by atoms with Gasteiger partial charge in [0.2, 0.25) is 0 Å². The average molecular weight is 334 g/mol. The molecule has 0 aliphatic heterocycles. The fourth-order valence-electron chi connectivity index (χ4n) is 1.73. The molecule has 130 valence electrons. The van der Waals surface area contributed by atoms with E-state index < -0.39 is 18.8 Å². The Hall–Kier alpha value is -1.96. The van der Waals surface area contributed by atoms with E-state index in [4.69, 9.17) is 5.11 Å². The van der Waals surface area contributed by atoms with Crippen LogP contribution in [0.5, 0.6) is 5.75 Å². The Balaban J connectivity index is 2.61. The number of aliphatic hydroxyl groups excluding tert-OH is 1. The van der Waals surface area contributed by atoms with Crippen molar-refractivity contribution in [2.75, 3.05) is 25.1 Å². The lowest BCUT2D eigenvalue weighted by Crippen LogP contribution is -2.37. The highest BCUT2D eigenvalue weighted by Crippen LogP contribution is 2.26. The summed E-state index contributed by atoms with van der Waals surface area (Å²) < 4.78 is 41.3. The molecule has 2 amide bonds. The number of anilines is 1. The third-order valence-electron chi connectivity index (χ3n) is 3.04. The Bertz CT molecular complexity index is 519. The number of rotatable bonds is 7. The fourth-order valence-corrected chi connectivity index (χ4v) is 1.73. The lowest BCUT2D eigenvalue weighted by Gasteiger charge is -2.24. The average Bonchev–Trinajstić information content (AvgIpc) is 2.43. The van der Waals surface area contributed by atoms with Crippen LogP contribution in [0.4, 0.5) is 23.7 Å². The minimum Gasteiger partial charge on any atom is -0.482 e. The standard InChI is InChI=1S/C15H21F3N2O3/c1-14(2,7-8-21)9-19-13(22)20-11-5-3-4-6-12(11)23-10-15(16,17)18/h3-6,21H,7-10H2,1-2H3,(H2,19,20,22). The summed E-state index contributed by atoms with van der Waals surface area (Å²) in [5.41, 5.74) is -0.146. The molecular formula is C15H21F3N2O3. The monoisotopic (exact) mass is 334 g/mol. The van der Waals surface area contributed by atoms with Crippen LogP contribution in [0.25, 0.3) is 0 Å². The maximum atomic E-state index is 12.2. The first-order chi connectivity index (χ1) is 10.6. The molecule has 0 aliphatic rings. The largest absolute Gasteiger partial charge is 0.482 e. The summed E-state index contributed by atoms with van der Waals surface area (Å²) >= 11 is 0. The van der Waals surface area contributed by atoms with Gasteiger partial charge >= 0.3 is 12.2 Å². The molecule has 1 aromatic carbocycles. The molecule has 0 aliphatic carbocycles. The van der Waals surface area contributed by atoms with Crippen LogP contribution in [0.1, 0.15) is 20.3 Å². The molecule has 0 spiro atoms. The lowest BCUT2D eigenvalue weighted by molar-refractivity contribution is -0.153. The number of alkyl halides is 3. The highest BCUT2D eigenvalue weighted by Gasteiger charge is 2.29. The predicted molar refractivity (Wildman–Crippen MR) is 80.5 cm³/mol. The normalized spacial score (nSPS) is 11.9. The first-order valence-corrected chi connectivity index (χ1v) is 7.07. The highest BCUT2D eigenvalue weighted by molar-refractivity contribution is 5.90. The molecule has 3 N–H and O–H groups in total. The van der Waals surface area contributed by atoms with Gasteiger partial charge in [0.05, 0.1) is 5.69 Å². The molecule has 0 aromatic heterocycles. The third-order valence-corrected chi connectivity index (χ3v) is 3.04. The number of amides is 2. The highest BCUT2D eigenvalue weighted by atomic mass is 19.4. The van der Waals surface area contributed by atoms with E-state index in [0.29, 0.717) is 13.0 Å². The lowest BCUT2D eigenvalue weighted by atomic mass is 9.90. The summed E-state index contributed by atoms with van der Waals surface area (Å²) in [4.78, 5) is 11.9. The molecule has 0 heterocycles. The molecule has 23 heavy (non-hydrogen) atoms. The number of hydrogen-bond donors (Lipinski definition) is 3. The number of hydrogen-bond acceptors (Lipinski definition) is 3. The van der Waals surface area contributed by atoms with Crippen molar-refractivity contribution < 1.29 is 27.8 Å². The molecule has 1 rings (SSSR count). The second-order valence-corrected chi connectivity index (χ2v) is 5.85. The second kappa shape index (κ2) is 8.05. The van der Waals surface area contributed by atoms with Gasteiger partial charge in [0.15, 0.2) is 6.61 Å². The zero-order valence-corrected chi connectivity index (χ0v) is 13.0. The van der Waals surface area contributed by atoms with Crippen LogP contribution < -0.4 is 15.4 Å². The molecule has 0 saturated carbocycles. The predicted octanol–water partition coefficient (Wildman–Crippen LogP) is 3.16. The van der Waals surface area contributed by atoms with Crippen molar-refractivity contribution in [3.8, 4) is 5.75 Å². The van der Waals surface area contributed by atoms with Crippen LogP contribution in [0.3, 0.4) is 0 Å². The number of aliphatic hydroxyl groups is 1. The third kappa shape index (κ3) is 7.73.